The van der Waals surface area contributed by atoms with Gasteiger partial charge in [0, 0.05) is 0 Å². The first-order chi connectivity index (χ1) is 15.6. The average molecular weight is 486 g/mol. The van der Waals surface area contributed by atoms with Crippen LogP contribution in [-0.4, -0.2) is 112 Å². The number of Topliss-reactive ketones (excluding diaryl/α,β-unsaturated/α-hetero) is 4. The Morgan fingerprint density at radius 2 is 1.45 bits per heavy atom. The van der Waals surface area contributed by atoms with Crippen molar-refractivity contribution < 1.29 is 19.2 Å². The Morgan fingerprint density at radius 1 is 0.909 bits per heavy atom. The third-order valence-electron chi connectivity index (χ3n) is 4.88. The third-order valence-corrected chi connectivity index (χ3v) is 8.34. The Balaban J connectivity index is 5.03. The zero-order valence-electron chi connectivity index (χ0n) is 18.4. The van der Waals surface area contributed by atoms with E-state index in [4.69, 9.17) is 51.8 Å². The Kier molecular flexibility index (Phi) is 18.0. The molecule has 0 aliphatic carbocycles. The molecule has 2 atom stereocenters. The van der Waals surface area contributed by atoms with E-state index in [2.05, 4.69) is 9.49 Å². The normalized spacial score (nSPS) is 13.2. The van der Waals surface area contributed by atoms with Gasteiger partial charge >= 0.3 is 162 Å². The molecule has 0 aliphatic heterocycles. The zero-order valence-corrected chi connectivity index (χ0v) is 21.0. The monoisotopic (exact) mass is 487 g/mol. The summed E-state index contributed by atoms with van der Waals surface area (Å²) >= 11 is 0. The molecule has 0 rings (SSSR count). The quantitative estimate of drug-likeness (QED) is 0.212. The molecule has 0 heterocycles. The van der Waals surface area contributed by atoms with Gasteiger partial charge in [-0.2, -0.15) is 0 Å². The predicted molar refractivity (Wildman–Crippen MR) is 147 cm³/mol. The molecule has 0 fully saturated rings. The molecule has 0 saturated carbocycles. The fourth-order valence-electron chi connectivity index (χ4n) is 2.79. The first-order valence-electron chi connectivity index (χ1n) is 9.95. The van der Waals surface area contributed by atoms with Gasteiger partial charge in [-0.1, -0.05) is 16.5 Å². The molecule has 0 aromatic rings. The van der Waals surface area contributed by atoms with Crippen LogP contribution in [0.25, 0.3) is 0 Å². The molecule has 2 N–H and O–H groups in total. The summed E-state index contributed by atoms with van der Waals surface area (Å²) in [7, 11) is 31.4. The second-order valence-corrected chi connectivity index (χ2v) is 11.4. The van der Waals surface area contributed by atoms with Crippen molar-refractivity contribution >= 4 is 112 Å². The van der Waals surface area contributed by atoms with Crippen molar-refractivity contribution in [2.75, 3.05) is 18.8 Å². The molecule has 0 spiro atoms. The van der Waals surface area contributed by atoms with Crippen molar-refractivity contribution in [2.45, 2.75) is 38.1 Å². The summed E-state index contributed by atoms with van der Waals surface area (Å²) in [6.45, 7) is -0.226. The molecular weight excluding hydrogens is 465 g/mol. The number of hydrogen-bond acceptors (Lipinski definition) is 7. The van der Waals surface area contributed by atoms with E-state index in [1.54, 1.807) is 0 Å². The number of hydrogen-bond donors (Lipinski definition) is 1. The summed E-state index contributed by atoms with van der Waals surface area (Å²) in [6, 6.07) is 1.55. The van der Waals surface area contributed by atoms with Crippen molar-refractivity contribution in [3.05, 3.63) is 0 Å². The van der Waals surface area contributed by atoms with Crippen LogP contribution in [0.1, 0.15) is 32.1 Å². The summed E-state index contributed by atoms with van der Waals surface area (Å²) in [5.41, 5.74) is 5.96. The van der Waals surface area contributed by atoms with Crippen LogP contribution >= 0.6 is 25.2 Å². The van der Waals surface area contributed by atoms with Gasteiger partial charge in [0.05, 0.1) is 0 Å². The molecule has 0 aromatic heterocycles. The van der Waals surface area contributed by atoms with Gasteiger partial charge in [-0.3, -0.25) is 9.54 Å². The molecular formula is C14H20B9N3O4P2S. The van der Waals surface area contributed by atoms with E-state index in [1.807, 2.05) is 0 Å². The van der Waals surface area contributed by atoms with Gasteiger partial charge in [-0.05, 0) is 0 Å². The molecule has 19 heteroatoms. The van der Waals surface area contributed by atoms with Gasteiger partial charge in [-0.25, -0.2) is 0 Å². The minimum atomic E-state index is -2.15. The number of carbonyl (C=O) groups is 4. The number of carbonyl (C=O) groups excluding carboxylic acids is 4. The Morgan fingerprint density at radius 3 is 1.97 bits per heavy atom. The van der Waals surface area contributed by atoms with E-state index >= 15 is 0 Å². The summed E-state index contributed by atoms with van der Waals surface area (Å²) in [4.78, 5) is 49.3. The molecule has 33 heavy (non-hydrogen) atoms. The van der Waals surface area contributed by atoms with Crippen LogP contribution in [0, 0.1) is 5.92 Å². The van der Waals surface area contributed by atoms with E-state index in [9.17, 15) is 19.2 Å². The molecule has 7 nitrogen and oxygen atoms in total. The van der Waals surface area contributed by atoms with E-state index in [1.165, 1.54) is 12.1 Å². The maximum absolute atomic E-state index is 12.6. The molecule has 0 saturated heterocycles. The third kappa shape index (κ3) is 12.9. The second-order valence-electron chi connectivity index (χ2n) is 7.21. The summed E-state index contributed by atoms with van der Waals surface area (Å²) in [6.07, 6.45) is 0.117. The standard InChI is InChI=1S/C14H20B9N3O4P2S/c15-21-33(22-16,23(17)18)8-11(28)3-4-12(24)13(29)5-9(14(30)7-26-32-20)1-2-10(27)6-25-31-19/h9,12H,1-8,24H2. The number of rotatable bonds is 17. The van der Waals surface area contributed by atoms with Gasteiger partial charge in [0.2, 0.25) is 0 Å². The van der Waals surface area contributed by atoms with Crippen LogP contribution in [-0.2, 0) is 19.2 Å². The van der Waals surface area contributed by atoms with E-state index in [0.717, 1.165) is 0 Å². The van der Waals surface area contributed by atoms with Crippen molar-refractivity contribution in [1.82, 2.24) is 0 Å². The van der Waals surface area contributed by atoms with Crippen molar-refractivity contribution in [3.63, 3.8) is 0 Å². The van der Waals surface area contributed by atoms with Gasteiger partial charge in [0.15, 0.2) is 15.1 Å². The van der Waals surface area contributed by atoms with Gasteiger partial charge in [0.25, 0.3) is 0 Å². The second kappa shape index (κ2) is 18.1. The first-order valence-corrected chi connectivity index (χ1v) is 13.8. The van der Waals surface area contributed by atoms with Crippen LogP contribution in [0.15, 0.2) is 9.49 Å². The molecule has 0 aromatic carbocycles. The Hall–Kier alpha value is -0.226. The van der Waals surface area contributed by atoms with Crippen LogP contribution in [0.3, 0.4) is 0 Å². The van der Waals surface area contributed by atoms with Gasteiger partial charge in [0.1, 0.15) is 6.54 Å². The van der Waals surface area contributed by atoms with Gasteiger partial charge in [-0.15, -0.1) is 0 Å². The van der Waals surface area contributed by atoms with E-state index < -0.39 is 32.2 Å². The van der Waals surface area contributed by atoms with E-state index in [0.29, 0.717) is 0 Å². The summed E-state index contributed by atoms with van der Waals surface area (Å²) in [5, 5.41) is 0. The van der Waals surface area contributed by atoms with Crippen molar-refractivity contribution in [3.8, 4) is 0 Å². The average Bonchev–Trinajstić information content (AvgIpc) is 2.80. The van der Waals surface area contributed by atoms with Crippen LogP contribution < -0.4 is 5.73 Å². The zero-order chi connectivity index (χ0) is 25.4. The van der Waals surface area contributed by atoms with Crippen LogP contribution in [0.2, 0.25) is 0 Å². The molecule has 2 unspecified atom stereocenters. The number of ketones is 4. The molecule has 0 amide bonds. The van der Waals surface area contributed by atoms with Gasteiger partial charge < -0.3 is 0 Å². The predicted octanol–water partition coefficient (Wildman–Crippen LogP) is -0.885. The maximum atomic E-state index is 12.6. The van der Waals surface area contributed by atoms with Crippen LogP contribution in [0.4, 0.5) is 0 Å². The number of nitrogens with two attached hydrogens (primary N) is 1. The molecule has 12 radical (unpaired) electrons. The van der Waals surface area contributed by atoms with Crippen LogP contribution in [0.5, 0.6) is 0 Å². The van der Waals surface area contributed by atoms with E-state index in [-0.39, 0.29) is 84.8 Å². The first kappa shape index (κ1) is 32.8. The minimum absolute atomic E-state index is 0.00560. The fraction of sp³-hybridized carbons (Fsp3) is 0.714. The topological polar surface area (TPSA) is 119 Å². The fourth-order valence-corrected chi connectivity index (χ4v) is 4.79. The molecule has 158 valence electrons. The van der Waals surface area contributed by atoms with Crippen molar-refractivity contribution in [1.29, 1.82) is 0 Å². The molecule has 0 aliphatic rings. The number of nitrogens with zero attached hydrogens (tertiary/aromatic N) is 2. The summed E-state index contributed by atoms with van der Waals surface area (Å²) in [5.74, 6) is -2.82. The summed E-state index contributed by atoms with van der Waals surface area (Å²) < 4.78 is 7.54. The Bertz CT molecular complexity index is 868. The van der Waals surface area contributed by atoms with Crippen molar-refractivity contribution in [2.24, 2.45) is 21.1 Å². The molecule has 0 bridgehead atoms. The SMILES string of the molecule is [B]B=S(=B[B])(CC(=O)CCC(N)C(=O)CC(CCC(=O)CN=P[B])C(=O)CN=P[B])B([B])[B]. The Labute approximate surface area is 209 Å².